The van der Waals surface area contributed by atoms with Gasteiger partial charge in [-0.25, -0.2) is 0 Å². The van der Waals surface area contributed by atoms with Crippen LogP contribution in [0.15, 0.2) is 29.7 Å². The number of aryl methyl sites for hydroxylation is 2. The molecule has 0 saturated carbocycles. The molecule has 1 unspecified atom stereocenters. The molecule has 1 amide bonds. The van der Waals surface area contributed by atoms with Gasteiger partial charge in [-0.05, 0) is 49.3 Å². The number of hydrogen-bond donors (Lipinski definition) is 1. The zero-order valence-electron chi connectivity index (χ0n) is 15.4. The smallest absolute Gasteiger partial charge is 0.230 e. The monoisotopic (exact) mass is 374 g/mol. The van der Waals surface area contributed by atoms with E-state index < -0.39 is 0 Å². The molecule has 26 heavy (non-hydrogen) atoms. The Labute approximate surface area is 158 Å². The number of carbonyl (C=O) groups excluding carboxylic acids is 1. The highest BCUT2D eigenvalue weighted by molar-refractivity contribution is 7.99. The molecule has 0 saturated heterocycles. The molecular weight excluding hydrogens is 348 g/mol. The molecule has 1 aliphatic rings. The lowest BCUT2D eigenvalue weighted by Gasteiger charge is -2.20. The van der Waals surface area contributed by atoms with E-state index in [4.69, 9.17) is 4.74 Å². The minimum atomic E-state index is 0.00140. The van der Waals surface area contributed by atoms with Gasteiger partial charge in [0.15, 0.2) is 5.16 Å². The molecule has 0 radical (unpaired) electrons. The summed E-state index contributed by atoms with van der Waals surface area (Å²) in [7, 11) is 1.66. The van der Waals surface area contributed by atoms with Gasteiger partial charge in [0.2, 0.25) is 5.91 Å². The van der Waals surface area contributed by atoms with Crippen LogP contribution in [0.4, 0.5) is 0 Å². The summed E-state index contributed by atoms with van der Waals surface area (Å²) in [5.41, 5.74) is 4.08. The number of amides is 1. The molecule has 0 spiro atoms. The van der Waals surface area contributed by atoms with Crippen molar-refractivity contribution < 1.29 is 9.53 Å². The van der Waals surface area contributed by atoms with Crippen molar-refractivity contribution in [3.05, 3.63) is 41.2 Å². The number of fused-ring (bicyclic) bond motifs is 1. The summed E-state index contributed by atoms with van der Waals surface area (Å²) < 4.78 is 6.97. The topological polar surface area (TPSA) is 69.0 Å². The van der Waals surface area contributed by atoms with Gasteiger partial charge in [0.05, 0.1) is 18.4 Å². The van der Waals surface area contributed by atoms with Crippen LogP contribution in [0.5, 0.6) is 0 Å². The first-order chi connectivity index (χ1) is 12.7. The molecule has 0 aliphatic heterocycles. The number of thioether (sulfide) groups is 1. The molecule has 1 atom stereocenters. The number of aromatic nitrogens is 3. The van der Waals surface area contributed by atoms with Crippen molar-refractivity contribution in [1.29, 1.82) is 0 Å². The van der Waals surface area contributed by atoms with Gasteiger partial charge in [-0.3, -0.25) is 4.79 Å². The lowest BCUT2D eigenvalue weighted by atomic mass is 9.89. The maximum Gasteiger partial charge on any atom is 0.230 e. The van der Waals surface area contributed by atoms with E-state index in [-0.39, 0.29) is 11.9 Å². The summed E-state index contributed by atoms with van der Waals surface area (Å²) in [5.74, 6) is 0.322. The number of methoxy groups -OCH3 is 1. The summed E-state index contributed by atoms with van der Waals surface area (Å²) in [4.78, 5) is 12.3. The van der Waals surface area contributed by atoms with Crippen molar-refractivity contribution in [3.8, 4) is 0 Å². The third-order valence-corrected chi connectivity index (χ3v) is 5.68. The highest BCUT2D eigenvalue weighted by atomic mass is 32.2. The first-order valence-corrected chi connectivity index (χ1v) is 10.1. The minimum absolute atomic E-state index is 0.00140. The van der Waals surface area contributed by atoms with Crippen molar-refractivity contribution in [2.24, 2.45) is 0 Å². The van der Waals surface area contributed by atoms with E-state index in [1.54, 1.807) is 13.4 Å². The van der Waals surface area contributed by atoms with Crippen molar-refractivity contribution in [2.75, 3.05) is 19.5 Å². The van der Waals surface area contributed by atoms with E-state index in [1.165, 1.54) is 47.7 Å². The maximum atomic E-state index is 12.3. The van der Waals surface area contributed by atoms with Crippen molar-refractivity contribution in [2.45, 2.75) is 50.4 Å². The lowest BCUT2D eigenvalue weighted by molar-refractivity contribution is -0.119. The van der Waals surface area contributed by atoms with Gasteiger partial charge < -0.3 is 14.6 Å². The van der Waals surface area contributed by atoms with Gasteiger partial charge >= 0.3 is 0 Å². The Morgan fingerprint density at radius 3 is 2.96 bits per heavy atom. The maximum absolute atomic E-state index is 12.3. The fourth-order valence-corrected chi connectivity index (χ4v) is 3.97. The highest BCUT2D eigenvalue weighted by Gasteiger charge is 2.15. The Kier molecular flexibility index (Phi) is 6.68. The standard InChI is InChI=1S/C19H26N4O2S/c1-14(16-8-7-15-5-3-4-6-17(15)11-16)21-18(24)12-26-19-22-20-13-23(19)9-10-25-2/h7-8,11,13-14H,3-6,9-10,12H2,1-2H3,(H,21,24). The minimum Gasteiger partial charge on any atom is -0.383 e. The number of nitrogens with zero attached hydrogens (tertiary/aromatic N) is 3. The molecule has 1 N–H and O–H groups in total. The fraction of sp³-hybridized carbons (Fsp3) is 0.526. The van der Waals surface area contributed by atoms with Crippen LogP contribution in [0, 0.1) is 0 Å². The molecule has 1 aromatic carbocycles. The number of rotatable bonds is 8. The molecule has 140 valence electrons. The van der Waals surface area contributed by atoms with Crippen LogP contribution in [0.2, 0.25) is 0 Å². The molecule has 3 rings (SSSR count). The molecule has 0 fully saturated rings. The van der Waals surface area contributed by atoms with Crippen molar-refractivity contribution in [1.82, 2.24) is 20.1 Å². The number of ether oxygens (including phenoxy) is 1. The summed E-state index contributed by atoms with van der Waals surface area (Å²) in [5, 5.41) is 11.8. The molecule has 0 bridgehead atoms. The van der Waals surface area contributed by atoms with Crippen LogP contribution in [0.25, 0.3) is 0 Å². The van der Waals surface area contributed by atoms with E-state index in [9.17, 15) is 4.79 Å². The molecule has 7 heteroatoms. The quantitative estimate of drug-likeness (QED) is 0.720. The molecule has 1 heterocycles. The van der Waals surface area contributed by atoms with E-state index in [2.05, 4.69) is 33.7 Å². The Morgan fingerprint density at radius 1 is 1.35 bits per heavy atom. The van der Waals surface area contributed by atoms with Gasteiger partial charge in [-0.1, -0.05) is 30.0 Å². The second-order valence-electron chi connectivity index (χ2n) is 6.61. The molecule has 6 nitrogen and oxygen atoms in total. The SMILES string of the molecule is COCCn1cnnc1SCC(=O)NC(C)c1ccc2c(c1)CCCC2. The van der Waals surface area contributed by atoms with Crippen molar-refractivity contribution in [3.63, 3.8) is 0 Å². The van der Waals surface area contributed by atoms with Gasteiger partial charge in [-0.15, -0.1) is 10.2 Å². The molecule has 1 aliphatic carbocycles. The predicted molar refractivity (Wildman–Crippen MR) is 102 cm³/mol. The molecular formula is C19H26N4O2S. The zero-order valence-corrected chi connectivity index (χ0v) is 16.2. The second-order valence-corrected chi connectivity index (χ2v) is 7.56. The Bertz CT molecular complexity index is 747. The summed E-state index contributed by atoms with van der Waals surface area (Å²) in [6.07, 6.45) is 6.53. The van der Waals surface area contributed by atoms with Crippen molar-refractivity contribution >= 4 is 17.7 Å². The normalized spacial score (nSPS) is 14.7. The average Bonchev–Trinajstić information content (AvgIpc) is 3.11. The second kappa shape index (κ2) is 9.19. The summed E-state index contributed by atoms with van der Waals surface area (Å²) >= 11 is 1.39. The van der Waals surface area contributed by atoms with Crippen LogP contribution < -0.4 is 5.32 Å². The molecule has 2 aromatic rings. The summed E-state index contributed by atoms with van der Waals surface area (Å²) in [6.45, 7) is 3.31. The first-order valence-electron chi connectivity index (χ1n) is 9.08. The highest BCUT2D eigenvalue weighted by Crippen LogP contribution is 2.25. The Morgan fingerprint density at radius 2 is 2.15 bits per heavy atom. The third kappa shape index (κ3) is 4.86. The van der Waals surface area contributed by atoms with Crippen LogP contribution in [-0.4, -0.2) is 40.1 Å². The Balaban J connectivity index is 1.52. The fourth-order valence-electron chi connectivity index (χ4n) is 3.22. The van der Waals surface area contributed by atoms with Crippen LogP contribution >= 0.6 is 11.8 Å². The number of hydrogen-bond acceptors (Lipinski definition) is 5. The van der Waals surface area contributed by atoms with Gasteiger partial charge in [0.1, 0.15) is 6.33 Å². The number of carbonyl (C=O) groups is 1. The van der Waals surface area contributed by atoms with E-state index in [0.717, 1.165) is 11.6 Å². The van der Waals surface area contributed by atoms with E-state index >= 15 is 0 Å². The van der Waals surface area contributed by atoms with Crippen LogP contribution in [0.1, 0.15) is 42.5 Å². The van der Waals surface area contributed by atoms with Gasteiger partial charge in [-0.2, -0.15) is 0 Å². The van der Waals surface area contributed by atoms with E-state index in [0.29, 0.717) is 18.9 Å². The van der Waals surface area contributed by atoms with E-state index in [1.807, 2.05) is 11.5 Å². The lowest BCUT2D eigenvalue weighted by Crippen LogP contribution is -2.28. The third-order valence-electron chi connectivity index (χ3n) is 4.70. The van der Waals surface area contributed by atoms with Crippen LogP contribution in [-0.2, 0) is 28.9 Å². The molecule has 1 aromatic heterocycles. The first kappa shape index (κ1) is 18.9. The largest absolute Gasteiger partial charge is 0.383 e. The Hall–Kier alpha value is -1.86. The van der Waals surface area contributed by atoms with Gasteiger partial charge in [0, 0.05) is 13.7 Å². The number of benzene rings is 1. The number of nitrogens with one attached hydrogen (secondary N) is 1. The van der Waals surface area contributed by atoms with Gasteiger partial charge in [0.25, 0.3) is 0 Å². The zero-order chi connectivity index (χ0) is 18.4. The summed E-state index contributed by atoms with van der Waals surface area (Å²) in [6, 6.07) is 6.62. The van der Waals surface area contributed by atoms with Crippen LogP contribution in [0.3, 0.4) is 0 Å². The average molecular weight is 375 g/mol. The predicted octanol–water partition coefficient (Wildman–Crippen LogP) is 2.77.